The van der Waals surface area contributed by atoms with Gasteiger partial charge in [0.05, 0.1) is 10.8 Å². The molecule has 3 amide bonds. The molecule has 1 aliphatic rings. The lowest BCUT2D eigenvalue weighted by molar-refractivity contribution is -0.117. The summed E-state index contributed by atoms with van der Waals surface area (Å²) in [6.07, 6.45) is 4.11. The Bertz CT molecular complexity index is 767. The highest BCUT2D eigenvalue weighted by atomic mass is 32.2. The molecule has 1 aliphatic heterocycles. The Morgan fingerprint density at radius 2 is 1.85 bits per heavy atom. The number of amides is 3. The first-order chi connectivity index (χ1) is 12.6. The highest BCUT2D eigenvalue weighted by Crippen LogP contribution is 2.22. The van der Waals surface area contributed by atoms with Crippen LogP contribution < -0.4 is 10.6 Å². The number of nitrogens with one attached hydrogen (secondary N) is 2. The van der Waals surface area contributed by atoms with Gasteiger partial charge in [0.15, 0.2) is 0 Å². The summed E-state index contributed by atoms with van der Waals surface area (Å²) >= 11 is 1.13. The molecule has 0 saturated carbocycles. The van der Waals surface area contributed by atoms with Crippen molar-refractivity contribution in [3.05, 3.63) is 18.3 Å². The Hall–Kier alpha value is -1.65. The van der Waals surface area contributed by atoms with Crippen molar-refractivity contribution < 1.29 is 18.0 Å². The van der Waals surface area contributed by atoms with Gasteiger partial charge in [0.2, 0.25) is 15.9 Å². The maximum atomic E-state index is 12.6. The third-order valence-corrected chi connectivity index (χ3v) is 6.58. The molecular weight excluding hydrogens is 388 g/mol. The first kappa shape index (κ1) is 21.6. The molecule has 27 heavy (non-hydrogen) atoms. The van der Waals surface area contributed by atoms with Crippen molar-refractivity contribution in [1.82, 2.24) is 19.9 Å². The van der Waals surface area contributed by atoms with Crippen molar-refractivity contribution in [2.45, 2.75) is 55.5 Å². The fraction of sp³-hybridized carbons (Fsp3) is 0.588. The Kier molecular flexibility index (Phi) is 7.24. The zero-order valence-electron chi connectivity index (χ0n) is 15.8. The van der Waals surface area contributed by atoms with Gasteiger partial charge in [0.25, 0.3) is 0 Å². The summed E-state index contributed by atoms with van der Waals surface area (Å²) in [5, 5.41) is 5.39. The van der Waals surface area contributed by atoms with Crippen molar-refractivity contribution in [3.8, 4) is 0 Å². The Balaban J connectivity index is 1.88. The highest BCUT2D eigenvalue weighted by molar-refractivity contribution is 7.99. The smallest absolute Gasteiger partial charge is 0.321 e. The monoisotopic (exact) mass is 414 g/mol. The molecule has 1 aromatic heterocycles. The molecule has 2 rings (SSSR count). The highest BCUT2D eigenvalue weighted by Gasteiger charge is 2.26. The molecule has 1 saturated heterocycles. The number of imide groups is 1. The number of hydrogen-bond donors (Lipinski definition) is 2. The van der Waals surface area contributed by atoms with Gasteiger partial charge in [-0.15, -0.1) is 0 Å². The molecule has 0 aromatic carbocycles. The lowest BCUT2D eigenvalue weighted by Gasteiger charge is -2.25. The van der Waals surface area contributed by atoms with Crippen LogP contribution in [0.25, 0.3) is 0 Å². The quantitative estimate of drug-likeness (QED) is 0.713. The molecule has 10 heteroatoms. The van der Waals surface area contributed by atoms with E-state index in [4.69, 9.17) is 0 Å². The lowest BCUT2D eigenvalue weighted by atomic mass is 10.1. The fourth-order valence-electron chi connectivity index (χ4n) is 2.53. The van der Waals surface area contributed by atoms with Crippen LogP contribution in [0.3, 0.4) is 0 Å². The fourth-order valence-corrected chi connectivity index (χ4v) is 4.64. The number of aromatic nitrogens is 1. The molecule has 2 N–H and O–H groups in total. The summed E-state index contributed by atoms with van der Waals surface area (Å²) in [6, 6.07) is 2.53. The molecule has 1 aromatic rings. The van der Waals surface area contributed by atoms with E-state index in [0.29, 0.717) is 18.1 Å². The van der Waals surface area contributed by atoms with Gasteiger partial charge in [-0.05, 0) is 45.7 Å². The summed E-state index contributed by atoms with van der Waals surface area (Å²) in [5.74, 6) is -0.448. The third kappa shape index (κ3) is 6.78. The van der Waals surface area contributed by atoms with E-state index in [2.05, 4.69) is 15.6 Å². The van der Waals surface area contributed by atoms with Crippen LogP contribution in [0, 0.1) is 0 Å². The number of rotatable bonds is 5. The van der Waals surface area contributed by atoms with Crippen molar-refractivity contribution in [1.29, 1.82) is 0 Å². The molecule has 0 aliphatic carbocycles. The zero-order chi connectivity index (χ0) is 20.1. The van der Waals surface area contributed by atoms with Crippen LogP contribution in [0.2, 0.25) is 0 Å². The number of piperidine rings is 1. The van der Waals surface area contributed by atoms with Crippen molar-refractivity contribution >= 4 is 33.7 Å². The third-order valence-electron chi connectivity index (χ3n) is 3.75. The standard InChI is InChI=1S/C17H26N4O4S2/c1-17(2,3)20-16(23)19-14(22)12-26-15-8-7-13(11-18-15)27(24,25)21-9-5-4-6-10-21/h7-8,11H,4-6,9-10,12H2,1-3H3,(H2,19,20,22,23). The first-order valence-corrected chi connectivity index (χ1v) is 11.2. The Morgan fingerprint density at radius 3 is 2.41 bits per heavy atom. The SMILES string of the molecule is CC(C)(C)NC(=O)NC(=O)CSc1ccc(S(=O)(=O)N2CCCCC2)cn1. The average molecular weight is 415 g/mol. The maximum Gasteiger partial charge on any atom is 0.321 e. The van der Waals surface area contributed by atoms with Crippen LogP contribution in [-0.2, 0) is 14.8 Å². The van der Waals surface area contributed by atoms with Crippen molar-refractivity contribution in [3.63, 3.8) is 0 Å². The van der Waals surface area contributed by atoms with Gasteiger partial charge in [0, 0.05) is 24.8 Å². The number of carbonyl (C=O) groups excluding carboxylic acids is 2. The van der Waals surface area contributed by atoms with Crippen LogP contribution in [-0.4, -0.2) is 54.0 Å². The van der Waals surface area contributed by atoms with Gasteiger partial charge in [-0.2, -0.15) is 4.31 Å². The van der Waals surface area contributed by atoms with Crippen LogP contribution in [0.1, 0.15) is 40.0 Å². The van der Waals surface area contributed by atoms with E-state index in [0.717, 1.165) is 31.0 Å². The number of hydrogen-bond acceptors (Lipinski definition) is 6. The second-order valence-corrected chi connectivity index (χ2v) is 10.3. The average Bonchev–Trinajstić information content (AvgIpc) is 2.59. The minimum Gasteiger partial charge on any atom is -0.333 e. The topological polar surface area (TPSA) is 108 Å². The molecule has 8 nitrogen and oxygen atoms in total. The van der Waals surface area contributed by atoms with Gasteiger partial charge in [0.1, 0.15) is 4.90 Å². The van der Waals surface area contributed by atoms with Crippen LogP contribution in [0.15, 0.2) is 28.3 Å². The van der Waals surface area contributed by atoms with Gasteiger partial charge >= 0.3 is 6.03 Å². The largest absolute Gasteiger partial charge is 0.333 e. The maximum absolute atomic E-state index is 12.6. The summed E-state index contributed by atoms with van der Waals surface area (Å²) in [6.45, 7) is 6.52. The van der Waals surface area contributed by atoms with E-state index < -0.39 is 27.5 Å². The predicted octanol–water partition coefficient (Wildman–Crippen LogP) is 1.97. The number of sulfonamides is 1. The van der Waals surface area contributed by atoms with Crippen LogP contribution >= 0.6 is 11.8 Å². The van der Waals surface area contributed by atoms with E-state index in [1.54, 1.807) is 6.07 Å². The Morgan fingerprint density at radius 1 is 1.19 bits per heavy atom. The van der Waals surface area contributed by atoms with Crippen LogP contribution in [0.5, 0.6) is 0 Å². The number of carbonyl (C=O) groups is 2. The zero-order valence-corrected chi connectivity index (χ0v) is 17.5. The molecule has 0 spiro atoms. The van der Waals surface area contributed by atoms with Gasteiger partial charge in [-0.25, -0.2) is 18.2 Å². The summed E-state index contributed by atoms with van der Waals surface area (Å²) in [5.41, 5.74) is -0.436. The summed E-state index contributed by atoms with van der Waals surface area (Å²) in [7, 11) is -3.51. The molecule has 0 unspecified atom stereocenters. The number of thioether (sulfide) groups is 1. The van der Waals surface area contributed by atoms with Crippen LogP contribution in [0.4, 0.5) is 4.79 Å². The van der Waals surface area contributed by atoms with E-state index in [1.807, 2.05) is 20.8 Å². The predicted molar refractivity (Wildman–Crippen MR) is 104 cm³/mol. The molecule has 0 bridgehead atoms. The molecule has 150 valence electrons. The second-order valence-electron chi connectivity index (χ2n) is 7.34. The molecule has 0 radical (unpaired) electrons. The molecule has 2 heterocycles. The van der Waals surface area contributed by atoms with E-state index >= 15 is 0 Å². The minimum absolute atomic E-state index is 0.00276. The van der Waals surface area contributed by atoms with Gasteiger partial charge < -0.3 is 5.32 Å². The summed E-state index contributed by atoms with van der Waals surface area (Å²) < 4.78 is 26.6. The summed E-state index contributed by atoms with van der Waals surface area (Å²) in [4.78, 5) is 27.8. The van der Waals surface area contributed by atoms with Crippen molar-refractivity contribution in [2.75, 3.05) is 18.8 Å². The van der Waals surface area contributed by atoms with Gasteiger partial charge in [-0.1, -0.05) is 18.2 Å². The van der Waals surface area contributed by atoms with Crippen molar-refractivity contribution in [2.24, 2.45) is 0 Å². The molecule has 1 fully saturated rings. The normalized spacial score (nSPS) is 16.0. The minimum atomic E-state index is -3.51. The number of nitrogens with zero attached hydrogens (tertiary/aromatic N) is 2. The number of pyridine rings is 1. The molecule has 0 atom stereocenters. The Labute approximate surface area is 164 Å². The van der Waals surface area contributed by atoms with E-state index in [-0.39, 0.29) is 10.6 Å². The first-order valence-electron chi connectivity index (χ1n) is 8.79. The van der Waals surface area contributed by atoms with E-state index in [9.17, 15) is 18.0 Å². The lowest BCUT2D eigenvalue weighted by Crippen LogP contribution is -2.48. The number of urea groups is 1. The molecular formula is C17H26N4O4S2. The second kappa shape index (κ2) is 9.03. The van der Waals surface area contributed by atoms with E-state index in [1.165, 1.54) is 16.6 Å². The van der Waals surface area contributed by atoms with Gasteiger partial charge in [-0.3, -0.25) is 10.1 Å².